The second kappa shape index (κ2) is 6.16. The van der Waals surface area contributed by atoms with Gasteiger partial charge in [0.2, 0.25) is 0 Å². The summed E-state index contributed by atoms with van der Waals surface area (Å²) in [5, 5.41) is 7.28. The molecule has 0 atom stereocenters. The van der Waals surface area contributed by atoms with E-state index in [-0.39, 0.29) is 5.91 Å². The van der Waals surface area contributed by atoms with Gasteiger partial charge in [-0.1, -0.05) is 30.3 Å². The van der Waals surface area contributed by atoms with Crippen LogP contribution in [0.5, 0.6) is 0 Å². The third-order valence-electron chi connectivity index (χ3n) is 4.11. The predicted octanol–water partition coefficient (Wildman–Crippen LogP) is 2.02. The van der Waals surface area contributed by atoms with E-state index in [4.69, 9.17) is 0 Å². The number of para-hydroxylation sites is 2. The lowest BCUT2D eigenvalue weighted by atomic mass is 10.1. The molecule has 2 aromatic carbocycles. The number of aromatic nitrogens is 3. The second-order valence-electron chi connectivity index (χ2n) is 5.62. The molecule has 3 aromatic rings. The molecule has 1 aliphatic rings. The van der Waals surface area contributed by atoms with E-state index in [1.54, 1.807) is 6.33 Å². The molecule has 0 unspecified atom stereocenters. The van der Waals surface area contributed by atoms with Crippen LogP contribution in [-0.4, -0.2) is 33.8 Å². The van der Waals surface area contributed by atoms with Gasteiger partial charge in [-0.25, -0.2) is 9.67 Å². The van der Waals surface area contributed by atoms with Gasteiger partial charge in [-0.3, -0.25) is 4.79 Å². The molecule has 24 heavy (non-hydrogen) atoms. The van der Waals surface area contributed by atoms with Crippen molar-refractivity contribution in [1.82, 2.24) is 20.1 Å². The molecule has 1 amide bonds. The number of hydrogen-bond acceptors (Lipinski definition) is 4. The maximum absolute atomic E-state index is 12.2. The highest BCUT2D eigenvalue weighted by atomic mass is 16.1. The smallest absolute Gasteiger partial charge is 0.253 e. The first kappa shape index (κ1) is 14.4. The lowest BCUT2D eigenvalue weighted by molar-refractivity contribution is 0.0958. The zero-order valence-electron chi connectivity index (χ0n) is 13.1. The molecular formula is C18H17N5O. The van der Waals surface area contributed by atoms with Gasteiger partial charge in [0.25, 0.3) is 5.91 Å². The van der Waals surface area contributed by atoms with Crippen molar-refractivity contribution >= 4 is 11.6 Å². The van der Waals surface area contributed by atoms with Crippen LogP contribution in [0.25, 0.3) is 5.69 Å². The van der Waals surface area contributed by atoms with E-state index in [0.717, 1.165) is 23.7 Å². The van der Waals surface area contributed by atoms with Crippen LogP contribution in [-0.2, 0) is 6.54 Å². The van der Waals surface area contributed by atoms with Crippen LogP contribution in [0.3, 0.4) is 0 Å². The number of nitrogens with one attached hydrogen (secondary N) is 1. The summed E-state index contributed by atoms with van der Waals surface area (Å²) in [5.41, 5.74) is 2.60. The van der Waals surface area contributed by atoms with Crippen molar-refractivity contribution in [1.29, 1.82) is 0 Å². The Morgan fingerprint density at radius 3 is 2.71 bits per heavy atom. The van der Waals surface area contributed by atoms with Crippen molar-refractivity contribution < 1.29 is 4.79 Å². The quantitative estimate of drug-likeness (QED) is 0.802. The molecule has 6 nitrogen and oxygen atoms in total. The van der Waals surface area contributed by atoms with Gasteiger partial charge in [0.1, 0.15) is 6.33 Å². The number of carbonyl (C=O) groups excluding carboxylic acids is 1. The monoisotopic (exact) mass is 319 g/mol. The van der Waals surface area contributed by atoms with Crippen molar-refractivity contribution in [3.63, 3.8) is 0 Å². The Kier molecular flexibility index (Phi) is 3.70. The van der Waals surface area contributed by atoms with Crippen molar-refractivity contribution in [2.45, 2.75) is 6.54 Å². The van der Waals surface area contributed by atoms with Crippen molar-refractivity contribution in [3.05, 3.63) is 72.3 Å². The van der Waals surface area contributed by atoms with Gasteiger partial charge in [-0.05, 0) is 24.3 Å². The summed E-state index contributed by atoms with van der Waals surface area (Å²) in [6.07, 6.45) is 1.56. The summed E-state index contributed by atoms with van der Waals surface area (Å²) < 4.78 is 1.84. The zero-order valence-corrected chi connectivity index (χ0v) is 13.1. The zero-order chi connectivity index (χ0) is 16.4. The Hall–Kier alpha value is -3.15. The first-order valence-electron chi connectivity index (χ1n) is 7.89. The van der Waals surface area contributed by atoms with Crippen molar-refractivity contribution in [2.75, 3.05) is 18.0 Å². The third-order valence-corrected chi connectivity index (χ3v) is 4.11. The van der Waals surface area contributed by atoms with E-state index in [1.807, 2.05) is 59.3 Å². The summed E-state index contributed by atoms with van der Waals surface area (Å²) in [6.45, 7) is 1.91. The van der Waals surface area contributed by atoms with Gasteiger partial charge in [0.15, 0.2) is 5.82 Å². The maximum atomic E-state index is 12.2. The van der Waals surface area contributed by atoms with Crippen LogP contribution in [0.4, 0.5) is 5.69 Å². The highest BCUT2D eigenvalue weighted by Gasteiger charge is 2.21. The lowest BCUT2D eigenvalue weighted by Crippen LogP contribution is -2.30. The number of anilines is 1. The van der Waals surface area contributed by atoms with Crippen molar-refractivity contribution in [3.8, 4) is 5.69 Å². The standard InChI is InChI=1S/C18H17N5O/c24-18-15-8-4-5-9-16(15)22(11-10-19-18)12-17-20-13-21-23(17)14-6-2-1-3-7-14/h1-9,13H,10-12H2,(H,19,24). The Morgan fingerprint density at radius 2 is 1.83 bits per heavy atom. The predicted molar refractivity (Wildman–Crippen MR) is 91.2 cm³/mol. The Morgan fingerprint density at radius 1 is 1.04 bits per heavy atom. The first-order valence-corrected chi connectivity index (χ1v) is 7.89. The molecule has 0 spiro atoms. The fraction of sp³-hybridized carbons (Fsp3) is 0.167. The van der Waals surface area contributed by atoms with Crippen LogP contribution in [0.1, 0.15) is 16.2 Å². The molecule has 1 aliphatic heterocycles. The summed E-state index contributed by atoms with van der Waals surface area (Å²) in [7, 11) is 0. The minimum Gasteiger partial charge on any atom is -0.362 e. The minimum atomic E-state index is -0.0300. The first-order chi connectivity index (χ1) is 11.8. The number of hydrogen-bond donors (Lipinski definition) is 1. The molecular weight excluding hydrogens is 302 g/mol. The molecule has 0 saturated heterocycles. The van der Waals surface area contributed by atoms with Gasteiger partial charge in [-0.15, -0.1) is 0 Å². The van der Waals surface area contributed by atoms with E-state index in [0.29, 0.717) is 18.7 Å². The number of benzene rings is 2. The molecule has 0 saturated carbocycles. The van der Waals surface area contributed by atoms with Gasteiger partial charge < -0.3 is 10.2 Å². The summed E-state index contributed by atoms with van der Waals surface area (Å²) in [5.74, 6) is 0.808. The normalized spacial score (nSPS) is 14.0. The van der Waals surface area contributed by atoms with Gasteiger partial charge in [0, 0.05) is 18.8 Å². The highest BCUT2D eigenvalue weighted by Crippen LogP contribution is 2.24. The van der Waals surface area contributed by atoms with E-state index in [2.05, 4.69) is 20.3 Å². The minimum absolute atomic E-state index is 0.0300. The van der Waals surface area contributed by atoms with Gasteiger partial charge in [0.05, 0.1) is 17.8 Å². The fourth-order valence-corrected chi connectivity index (χ4v) is 2.95. The van der Waals surface area contributed by atoms with Crippen LogP contribution >= 0.6 is 0 Å². The molecule has 6 heteroatoms. The van der Waals surface area contributed by atoms with E-state index < -0.39 is 0 Å². The number of nitrogens with zero attached hydrogens (tertiary/aromatic N) is 4. The van der Waals surface area contributed by atoms with Crippen LogP contribution in [0.2, 0.25) is 0 Å². The number of rotatable bonds is 3. The van der Waals surface area contributed by atoms with E-state index in [1.165, 1.54) is 0 Å². The third kappa shape index (κ3) is 2.62. The van der Waals surface area contributed by atoms with E-state index in [9.17, 15) is 4.79 Å². The van der Waals surface area contributed by atoms with Gasteiger partial charge in [-0.2, -0.15) is 5.10 Å². The Balaban J connectivity index is 1.68. The molecule has 2 heterocycles. The summed E-state index contributed by atoms with van der Waals surface area (Å²) in [4.78, 5) is 18.7. The van der Waals surface area contributed by atoms with Crippen LogP contribution in [0, 0.1) is 0 Å². The van der Waals surface area contributed by atoms with Crippen LogP contribution < -0.4 is 10.2 Å². The molecule has 0 fully saturated rings. The molecule has 4 rings (SSSR count). The number of fused-ring (bicyclic) bond motifs is 1. The fourth-order valence-electron chi connectivity index (χ4n) is 2.95. The van der Waals surface area contributed by atoms with Crippen molar-refractivity contribution in [2.24, 2.45) is 0 Å². The Labute approximate surface area is 139 Å². The maximum Gasteiger partial charge on any atom is 0.253 e. The average Bonchev–Trinajstić information content (AvgIpc) is 3.03. The molecule has 0 bridgehead atoms. The lowest BCUT2D eigenvalue weighted by Gasteiger charge is -2.23. The Bertz CT molecular complexity index is 859. The molecule has 0 radical (unpaired) electrons. The average molecular weight is 319 g/mol. The summed E-state index contributed by atoms with van der Waals surface area (Å²) >= 11 is 0. The second-order valence-corrected chi connectivity index (χ2v) is 5.62. The topological polar surface area (TPSA) is 63.1 Å². The SMILES string of the molecule is O=C1NCCN(Cc2ncnn2-c2ccccc2)c2ccccc21. The van der Waals surface area contributed by atoms with Crippen LogP contribution in [0.15, 0.2) is 60.9 Å². The summed E-state index contributed by atoms with van der Waals surface area (Å²) in [6, 6.07) is 17.6. The molecule has 1 aromatic heterocycles. The number of carbonyl (C=O) groups is 1. The largest absolute Gasteiger partial charge is 0.362 e. The molecule has 0 aliphatic carbocycles. The highest BCUT2D eigenvalue weighted by molar-refractivity contribution is 6.00. The number of amides is 1. The van der Waals surface area contributed by atoms with Gasteiger partial charge >= 0.3 is 0 Å². The molecule has 1 N–H and O–H groups in total. The molecule has 120 valence electrons. The van der Waals surface area contributed by atoms with E-state index >= 15 is 0 Å².